The molecular weight excluding hydrogens is 251 g/mol. The summed E-state index contributed by atoms with van der Waals surface area (Å²) in [5.41, 5.74) is 0. The molecule has 0 aromatic heterocycles. The van der Waals surface area contributed by atoms with Crippen LogP contribution >= 0.6 is 11.8 Å². The summed E-state index contributed by atoms with van der Waals surface area (Å²) in [6, 6.07) is 0. The summed E-state index contributed by atoms with van der Waals surface area (Å²) in [7, 11) is 0. The second-order valence-electron chi connectivity index (χ2n) is 3.52. The summed E-state index contributed by atoms with van der Waals surface area (Å²) in [6.07, 6.45) is -4.66. The number of carbonyl (C=O) groups excluding carboxylic acids is 1. The van der Waals surface area contributed by atoms with Crippen molar-refractivity contribution in [2.24, 2.45) is 0 Å². The van der Waals surface area contributed by atoms with Crippen molar-refractivity contribution >= 4 is 16.9 Å². The Labute approximate surface area is 94.8 Å². The van der Waals surface area contributed by atoms with Crippen LogP contribution in [-0.2, 0) is 4.79 Å². The summed E-state index contributed by atoms with van der Waals surface area (Å²) >= 11 is 0.809. The molecule has 0 saturated carbocycles. The van der Waals surface area contributed by atoms with E-state index in [0.717, 1.165) is 11.8 Å². The number of carbonyl (C=O) groups is 1. The highest BCUT2D eigenvalue weighted by atomic mass is 32.2. The van der Waals surface area contributed by atoms with Crippen LogP contribution in [0, 0.1) is 0 Å². The van der Waals surface area contributed by atoms with Crippen LogP contribution < -0.4 is 0 Å². The molecule has 0 saturated heterocycles. The first-order chi connectivity index (χ1) is 7.07. The van der Waals surface area contributed by atoms with Crippen molar-refractivity contribution in [1.82, 2.24) is 0 Å². The Hall–Kier alpha value is -0.330. The van der Waals surface area contributed by atoms with E-state index in [2.05, 4.69) is 0 Å². The second-order valence-corrected chi connectivity index (χ2v) is 4.80. The molecule has 0 amide bonds. The maximum atomic E-state index is 12.9. The lowest BCUT2D eigenvalue weighted by Gasteiger charge is -2.24. The highest BCUT2D eigenvalue weighted by molar-refractivity contribution is 8.13. The predicted octanol–water partition coefficient (Wildman–Crippen LogP) is 3.67. The molecule has 0 aliphatic rings. The first-order valence-electron chi connectivity index (χ1n) is 4.60. The quantitative estimate of drug-likeness (QED) is 0.538. The van der Waals surface area contributed by atoms with E-state index in [9.17, 15) is 26.7 Å². The molecule has 0 radical (unpaired) electrons. The van der Waals surface area contributed by atoms with Crippen molar-refractivity contribution in [2.45, 2.75) is 44.7 Å². The Morgan fingerprint density at radius 1 is 1.31 bits per heavy atom. The number of hydrogen-bond donors (Lipinski definition) is 0. The number of hydrogen-bond acceptors (Lipinski definition) is 2. The van der Waals surface area contributed by atoms with Crippen LogP contribution in [0.2, 0.25) is 0 Å². The van der Waals surface area contributed by atoms with Crippen molar-refractivity contribution in [1.29, 1.82) is 0 Å². The van der Waals surface area contributed by atoms with E-state index < -0.39 is 24.4 Å². The number of rotatable bonds is 6. The maximum Gasteiger partial charge on any atom is 0.284 e. The Morgan fingerprint density at radius 3 is 2.19 bits per heavy atom. The summed E-state index contributed by atoms with van der Waals surface area (Å²) in [5, 5.41) is -0.249. The zero-order valence-corrected chi connectivity index (χ0v) is 9.72. The highest BCUT2D eigenvalue weighted by Crippen LogP contribution is 2.36. The molecule has 96 valence electrons. The van der Waals surface area contributed by atoms with Gasteiger partial charge < -0.3 is 0 Å². The van der Waals surface area contributed by atoms with Gasteiger partial charge in [0.2, 0.25) is 6.17 Å². The Balaban J connectivity index is 4.09. The second kappa shape index (κ2) is 5.84. The summed E-state index contributed by atoms with van der Waals surface area (Å²) in [6.45, 7) is 1.39. The fourth-order valence-corrected chi connectivity index (χ4v) is 1.60. The van der Waals surface area contributed by atoms with Crippen LogP contribution in [0.4, 0.5) is 22.0 Å². The molecule has 0 aliphatic heterocycles. The molecule has 0 aliphatic carbocycles. The minimum absolute atomic E-state index is 0.0763. The number of thioether (sulfide) groups is 1. The third kappa shape index (κ3) is 5.67. The van der Waals surface area contributed by atoms with Crippen LogP contribution in [0.25, 0.3) is 0 Å². The SMILES string of the molecule is CC(=O)SCCCC(F)(F)C(F)C(C)(F)F. The highest BCUT2D eigenvalue weighted by Gasteiger charge is 2.52. The molecule has 0 aromatic rings. The zero-order valence-electron chi connectivity index (χ0n) is 8.90. The Kier molecular flexibility index (Phi) is 5.72. The van der Waals surface area contributed by atoms with E-state index in [1.165, 1.54) is 6.92 Å². The minimum atomic E-state index is -4.06. The van der Waals surface area contributed by atoms with Gasteiger partial charge in [-0.2, -0.15) is 0 Å². The summed E-state index contributed by atoms with van der Waals surface area (Å²) < 4.78 is 63.1. The molecule has 0 heterocycles. The van der Waals surface area contributed by atoms with Crippen molar-refractivity contribution < 1.29 is 26.7 Å². The van der Waals surface area contributed by atoms with Crippen LogP contribution in [0.1, 0.15) is 26.7 Å². The van der Waals surface area contributed by atoms with E-state index in [1.807, 2.05) is 0 Å². The molecule has 7 heteroatoms. The van der Waals surface area contributed by atoms with Gasteiger partial charge in [0.25, 0.3) is 11.8 Å². The van der Waals surface area contributed by atoms with Crippen LogP contribution in [-0.4, -0.2) is 28.9 Å². The third-order valence-corrected chi connectivity index (χ3v) is 2.67. The molecule has 0 spiro atoms. The van der Waals surface area contributed by atoms with Gasteiger partial charge in [0.1, 0.15) is 0 Å². The molecule has 0 rings (SSSR count). The van der Waals surface area contributed by atoms with E-state index in [0.29, 0.717) is 0 Å². The zero-order chi connectivity index (χ0) is 13.0. The van der Waals surface area contributed by atoms with Crippen LogP contribution in [0.5, 0.6) is 0 Å². The van der Waals surface area contributed by atoms with E-state index in [1.54, 1.807) is 0 Å². The minimum Gasteiger partial charge on any atom is -0.288 e. The van der Waals surface area contributed by atoms with Gasteiger partial charge in [0.05, 0.1) is 0 Å². The van der Waals surface area contributed by atoms with E-state index in [4.69, 9.17) is 0 Å². The maximum absolute atomic E-state index is 12.9. The topological polar surface area (TPSA) is 17.1 Å². The lowest BCUT2D eigenvalue weighted by molar-refractivity contribution is -0.175. The lowest BCUT2D eigenvalue weighted by atomic mass is 10.0. The van der Waals surface area contributed by atoms with Gasteiger partial charge >= 0.3 is 0 Å². The van der Waals surface area contributed by atoms with Crippen molar-refractivity contribution in [3.05, 3.63) is 0 Å². The fraction of sp³-hybridized carbons (Fsp3) is 0.889. The van der Waals surface area contributed by atoms with Gasteiger partial charge in [-0.25, -0.2) is 22.0 Å². The van der Waals surface area contributed by atoms with Gasteiger partial charge in [-0.05, 0) is 6.42 Å². The monoisotopic (exact) mass is 264 g/mol. The smallest absolute Gasteiger partial charge is 0.284 e. The molecule has 1 unspecified atom stereocenters. The van der Waals surface area contributed by atoms with Gasteiger partial charge in [-0.3, -0.25) is 4.79 Å². The summed E-state index contributed by atoms with van der Waals surface area (Å²) in [4.78, 5) is 10.4. The van der Waals surface area contributed by atoms with Crippen LogP contribution in [0.15, 0.2) is 0 Å². The average molecular weight is 264 g/mol. The van der Waals surface area contributed by atoms with E-state index >= 15 is 0 Å². The molecule has 0 N–H and O–H groups in total. The van der Waals surface area contributed by atoms with Gasteiger partial charge in [0.15, 0.2) is 5.12 Å². The number of alkyl halides is 5. The van der Waals surface area contributed by atoms with Crippen molar-refractivity contribution in [3.63, 3.8) is 0 Å². The number of halogens is 5. The predicted molar refractivity (Wildman–Crippen MR) is 52.8 cm³/mol. The molecule has 1 nitrogen and oxygen atoms in total. The average Bonchev–Trinajstić information content (AvgIpc) is 2.09. The normalized spacial score (nSPS) is 14.9. The molecule has 0 fully saturated rings. The first kappa shape index (κ1) is 15.7. The molecular formula is C9H13F5OS. The third-order valence-electron chi connectivity index (χ3n) is 1.78. The summed E-state index contributed by atoms with van der Waals surface area (Å²) in [5.74, 6) is -8.04. The Bertz CT molecular complexity index is 239. The lowest BCUT2D eigenvalue weighted by Crippen LogP contribution is -2.42. The van der Waals surface area contributed by atoms with Gasteiger partial charge in [0, 0.05) is 26.0 Å². The van der Waals surface area contributed by atoms with Crippen molar-refractivity contribution in [3.8, 4) is 0 Å². The van der Waals surface area contributed by atoms with Gasteiger partial charge in [-0.1, -0.05) is 11.8 Å². The Morgan fingerprint density at radius 2 is 1.81 bits per heavy atom. The van der Waals surface area contributed by atoms with E-state index in [-0.39, 0.29) is 24.2 Å². The standard InChI is InChI=1S/C9H13F5OS/c1-6(15)16-5-3-4-9(13,14)7(10)8(2,11)12/h7H,3-5H2,1-2H3. The first-order valence-corrected chi connectivity index (χ1v) is 5.59. The largest absolute Gasteiger partial charge is 0.288 e. The molecule has 0 bridgehead atoms. The molecule has 16 heavy (non-hydrogen) atoms. The fourth-order valence-electron chi connectivity index (χ4n) is 1.02. The molecule has 0 aromatic carbocycles. The van der Waals surface area contributed by atoms with Crippen LogP contribution in [0.3, 0.4) is 0 Å². The molecule has 1 atom stereocenters. The van der Waals surface area contributed by atoms with Crippen molar-refractivity contribution in [2.75, 3.05) is 5.75 Å². The van der Waals surface area contributed by atoms with Gasteiger partial charge in [-0.15, -0.1) is 0 Å².